The van der Waals surface area contributed by atoms with Gasteiger partial charge in [0, 0.05) is 5.69 Å². The van der Waals surface area contributed by atoms with Gasteiger partial charge in [-0.25, -0.2) is 16.8 Å². The van der Waals surface area contributed by atoms with Crippen molar-refractivity contribution in [3.8, 4) is 0 Å². The van der Waals surface area contributed by atoms with Crippen LogP contribution in [0.4, 0.5) is 5.69 Å². The van der Waals surface area contributed by atoms with Crippen LogP contribution >= 0.6 is 12.4 Å². The number of sulfonamides is 1. The molecule has 0 aliphatic carbocycles. The molecule has 1 aromatic carbocycles. The molecule has 1 aliphatic rings. The molecule has 1 fully saturated rings. The molecule has 6 nitrogen and oxygen atoms in total. The molecule has 2 N–H and O–H groups in total. The van der Waals surface area contributed by atoms with Crippen molar-refractivity contribution in [2.75, 3.05) is 24.1 Å². The Labute approximate surface area is 131 Å². The largest absolute Gasteiger partial charge is 0.317 e. The van der Waals surface area contributed by atoms with E-state index < -0.39 is 19.9 Å². The molecule has 0 amide bonds. The summed E-state index contributed by atoms with van der Waals surface area (Å²) in [6.45, 7) is 1.41. The van der Waals surface area contributed by atoms with Gasteiger partial charge in [-0.1, -0.05) is 0 Å². The fourth-order valence-electron chi connectivity index (χ4n) is 2.22. The highest BCUT2D eigenvalue weighted by molar-refractivity contribution is 7.92. The molecule has 2 rings (SSSR count). The van der Waals surface area contributed by atoms with Gasteiger partial charge in [0.2, 0.25) is 10.0 Å². The first kappa shape index (κ1) is 18.2. The van der Waals surface area contributed by atoms with Crippen molar-refractivity contribution in [3.63, 3.8) is 0 Å². The predicted octanol–water partition coefficient (Wildman–Crippen LogP) is 1.01. The number of hydrogen-bond acceptors (Lipinski definition) is 5. The van der Waals surface area contributed by atoms with E-state index in [0.717, 1.165) is 6.26 Å². The normalized spacial score (nSPS) is 17.0. The van der Waals surface area contributed by atoms with Crippen molar-refractivity contribution in [1.29, 1.82) is 0 Å². The van der Waals surface area contributed by atoms with Crippen LogP contribution in [0.2, 0.25) is 0 Å². The minimum Gasteiger partial charge on any atom is -0.317 e. The second-order valence-electron chi connectivity index (χ2n) is 4.89. The van der Waals surface area contributed by atoms with E-state index in [1.54, 1.807) is 0 Å². The summed E-state index contributed by atoms with van der Waals surface area (Å²) in [5.74, 6) is 0. The fraction of sp³-hybridized carbons (Fsp3) is 0.500. The van der Waals surface area contributed by atoms with Crippen LogP contribution in [0.15, 0.2) is 29.2 Å². The third-order valence-corrected chi connectivity index (χ3v) is 6.10. The lowest BCUT2D eigenvalue weighted by molar-refractivity contribution is 0.496. The highest BCUT2D eigenvalue weighted by atomic mass is 35.5. The van der Waals surface area contributed by atoms with Crippen LogP contribution in [-0.2, 0) is 19.9 Å². The second kappa shape index (κ2) is 6.95. The zero-order valence-corrected chi connectivity index (χ0v) is 14.0. The zero-order chi connectivity index (χ0) is 14.8. The molecule has 0 unspecified atom stereocenters. The highest BCUT2D eigenvalue weighted by Crippen LogP contribution is 2.23. The number of sulfone groups is 1. The zero-order valence-electron chi connectivity index (χ0n) is 11.6. The van der Waals surface area contributed by atoms with E-state index in [2.05, 4.69) is 10.0 Å². The summed E-state index contributed by atoms with van der Waals surface area (Å²) in [6, 6.07) is 5.83. The van der Waals surface area contributed by atoms with Crippen molar-refractivity contribution in [3.05, 3.63) is 24.3 Å². The van der Waals surface area contributed by atoms with Gasteiger partial charge in [-0.05, 0) is 50.2 Å². The van der Waals surface area contributed by atoms with Gasteiger partial charge in [0.15, 0.2) is 9.84 Å². The Bertz CT molecular complexity index is 666. The van der Waals surface area contributed by atoms with Gasteiger partial charge in [-0.2, -0.15) is 0 Å². The monoisotopic (exact) mass is 354 g/mol. The maximum absolute atomic E-state index is 12.4. The Kier molecular flexibility index (Phi) is 6.03. The summed E-state index contributed by atoms with van der Waals surface area (Å²) in [5, 5.41) is 2.77. The number of halogens is 1. The highest BCUT2D eigenvalue weighted by Gasteiger charge is 2.28. The Morgan fingerprint density at radius 1 is 1.05 bits per heavy atom. The maximum Gasteiger partial charge on any atom is 0.229 e. The second-order valence-corrected chi connectivity index (χ2v) is 8.87. The Morgan fingerprint density at radius 3 is 2.05 bits per heavy atom. The lowest BCUT2D eigenvalue weighted by atomic mass is 10.2. The van der Waals surface area contributed by atoms with Gasteiger partial charge >= 0.3 is 0 Å². The maximum atomic E-state index is 12.4. The first-order valence-corrected chi connectivity index (χ1v) is 9.75. The standard InChI is InChI=1S/C12H18N2O4S2.ClH/c1-19(15,16)14-10-2-4-11(5-3-10)20(17,18)12-6-8-13-9-7-12;/h2-5,12-14H,6-9H2,1H3;1H. The van der Waals surface area contributed by atoms with E-state index >= 15 is 0 Å². The Balaban J connectivity index is 0.00000220. The van der Waals surface area contributed by atoms with Gasteiger partial charge in [-0.15, -0.1) is 12.4 Å². The average molecular weight is 355 g/mol. The molecule has 0 radical (unpaired) electrons. The molecule has 1 heterocycles. The first-order chi connectivity index (χ1) is 9.29. The van der Waals surface area contributed by atoms with Crippen LogP contribution in [0, 0.1) is 0 Å². The van der Waals surface area contributed by atoms with E-state index in [1.165, 1.54) is 24.3 Å². The lowest BCUT2D eigenvalue weighted by Crippen LogP contribution is -2.35. The smallest absolute Gasteiger partial charge is 0.229 e. The third-order valence-electron chi connectivity index (χ3n) is 3.21. The molecule has 120 valence electrons. The third kappa shape index (κ3) is 4.84. The summed E-state index contributed by atoms with van der Waals surface area (Å²) >= 11 is 0. The van der Waals surface area contributed by atoms with Crippen LogP contribution in [0.5, 0.6) is 0 Å². The average Bonchev–Trinajstić information content (AvgIpc) is 2.38. The SMILES string of the molecule is CS(=O)(=O)Nc1ccc(S(=O)(=O)C2CCNCC2)cc1.Cl. The molecule has 1 aromatic rings. The molecule has 0 aromatic heterocycles. The molecular weight excluding hydrogens is 336 g/mol. The molecular formula is C12H19ClN2O4S2. The van der Waals surface area contributed by atoms with E-state index in [-0.39, 0.29) is 22.6 Å². The lowest BCUT2D eigenvalue weighted by Gasteiger charge is -2.22. The molecule has 0 spiro atoms. The molecule has 0 bridgehead atoms. The van der Waals surface area contributed by atoms with E-state index in [0.29, 0.717) is 31.6 Å². The van der Waals surface area contributed by atoms with Gasteiger partial charge in [0.05, 0.1) is 16.4 Å². The summed E-state index contributed by atoms with van der Waals surface area (Å²) in [4.78, 5) is 0.239. The van der Waals surface area contributed by atoms with Gasteiger partial charge in [0.1, 0.15) is 0 Å². The van der Waals surface area contributed by atoms with E-state index in [1.807, 2.05) is 0 Å². The Hall–Kier alpha value is -0.830. The van der Waals surface area contributed by atoms with Crippen molar-refractivity contribution in [2.24, 2.45) is 0 Å². The summed E-state index contributed by atoms with van der Waals surface area (Å²) in [7, 11) is -6.69. The van der Waals surface area contributed by atoms with Crippen molar-refractivity contribution >= 4 is 38.0 Å². The number of anilines is 1. The fourth-order valence-corrected chi connectivity index (χ4v) is 4.55. The van der Waals surface area contributed by atoms with E-state index in [4.69, 9.17) is 0 Å². The molecule has 0 saturated carbocycles. The number of benzene rings is 1. The summed E-state index contributed by atoms with van der Waals surface area (Å²) < 4.78 is 49.3. The first-order valence-electron chi connectivity index (χ1n) is 6.31. The number of hydrogen-bond donors (Lipinski definition) is 2. The number of nitrogens with one attached hydrogen (secondary N) is 2. The van der Waals surface area contributed by atoms with Crippen LogP contribution in [0.3, 0.4) is 0 Å². The molecule has 1 saturated heterocycles. The summed E-state index contributed by atoms with van der Waals surface area (Å²) in [5.41, 5.74) is 0.358. The van der Waals surface area contributed by atoms with Crippen LogP contribution in [-0.4, -0.2) is 41.4 Å². The minimum absolute atomic E-state index is 0. The van der Waals surface area contributed by atoms with Crippen LogP contribution < -0.4 is 10.0 Å². The van der Waals surface area contributed by atoms with Gasteiger partial charge in [0.25, 0.3) is 0 Å². The number of piperidine rings is 1. The summed E-state index contributed by atoms with van der Waals surface area (Å²) in [6.07, 6.45) is 2.25. The molecule has 0 atom stereocenters. The van der Waals surface area contributed by atoms with Crippen molar-refractivity contribution in [1.82, 2.24) is 5.32 Å². The Morgan fingerprint density at radius 2 is 1.57 bits per heavy atom. The topological polar surface area (TPSA) is 92.3 Å². The van der Waals surface area contributed by atoms with Crippen LogP contribution in [0.1, 0.15) is 12.8 Å². The minimum atomic E-state index is -3.35. The molecule has 1 aliphatic heterocycles. The predicted molar refractivity (Wildman–Crippen MR) is 85.2 cm³/mol. The molecule has 9 heteroatoms. The quantitative estimate of drug-likeness (QED) is 0.841. The van der Waals surface area contributed by atoms with Gasteiger partial charge < -0.3 is 5.32 Å². The number of rotatable bonds is 4. The molecule has 21 heavy (non-hydrogen) atoms. The van der Waals surface area contributed by atoms with Crippen LogP contribution in [0.25, 0.3) is 0 Å². The van der Waals surface area contributed by atoms with Crippen molar-refractivity contribution in [2.45, 2.75) is 23.0 Å². The van der Waals surface area contributed by atoms with Gasteiger partial charge in [-0.3, -0.25) is 4.72 Å². The van der Waals surface area contributed by atoms with E-state index in [9.17, 15) is 16.8 Å². The van der Waals surface area contributed by atoms with Crippen molar-refractivity contribution < 1.29 is 16.8 Å².